The fourth-order valence-electron chi connectivity index (χ4n) is 2.70. The molecular weight excluding hydrogens is 398 g/mol. The van der Waals surface area contributed by atoms with Crippen LogP contribution in [-0.4, -0.2) is 22.3 Å². The number of carbonyl (C=O) groups excluding carboxylic acids is 2. The molecule has 0 N–H and O–H groups in total. The number of carbonyl (C=O) groups is 2. The molecule has 1 aromatic heterocycles. The predicted octanol–water partition coefficient (Wildman–Crippen LogP) is 4.63. The molecule has 0 aliphatic rings. The van der Waals surface area contributed by atoms with Crippen LogP contribution in [-0.2, 0) is 14.3 Å². The quantitative estimate of drug-likeness (QED) is 0.331. The monoisotopic (exact) mass is 419 g/mol. The van der Waals surface area contributed by atoms with Gasteiger partial charge in [-0.05, 0) is 42.7 Å². The van der Waals surface area contributed by atoms with Crippen molar-refractivity contribution in [1.29, 1.82) is 0 Å². The molecule has 152 valence electrons. The molecule has 0 atom stereocenters. The van der Waals surface area contributed by atoms with E-state index in [1.54, 1.807) is 18.2 Å². The predicted molar refractivity (Wildman–Crippen MR) is 117 cm³/mol. The van der Waals surface area contributed by atoms with Gasteiger partial charge in [-0.1, -0.05) is 78.9 Å². The van der Waals surface area contributed by atoms with E-state index in [1.165, 1.54) is 26.1 Å². The van der Waals surface area contributed by atoms with Gasteiger partial charge in [-0.3, -0.25) is 0 Å². The number of pyridine rings is 1. The maximum absolute atomic E-state index is 12.7. The van der Waals surface area contributed by atoms with Crippen LogP contribution >= 0.6 is 12.2 Å². The summed E-state index contributed by atoms with van der Waals surface area (Å²) in [5.41, 5.74) is 0.889. The van der Waals surface area contributed by atoms with Crippen LogP contribution in [0.15, 0.2) is 91.1 Å². The Bertz CT molecular complexity index is 1080. The summed E-state index contributed by atoms with van der Waals surface area (Å²) in [5.74, 6) is -1.40. The van der Waals surface area contributed by atoms with E-state index in [4.69, 9.17) is 21.8 Å². The standard InChI is InChI=1S/C24H21NO4S/c1-24(2,23(27)29-25-16-10-9-15-21(25)30)28-22(26)17-20(18-11-5-3-6-12-18)19-13-7-4-8-14-19/h3-17H,1-2H3. The fourth-order valence-corrected chi connectivity index (χ4v) is 2.87. The van der Waals surface area contributed by atoms with Crippen molar-refractivity contribution in [3.8, 4) is 0 Å². The topological polar surface area (TPSA) is 57.5 Å². The lowest BCUT2D eigenvalue weighted by molar-refractivity contribution is -0.176. The second kappa shape index (κ2) is 9.33. The molecule has 0 saturated heterocycles. The Labute approximate surface area is 180 Å². The Morgan fingerprint density at radius 3 is 1.93 bits per heavy atom. The Hall–Kier alpha value is -3.51. The summed E-state index contributed by atoms with van der Waals surface area (Å²) in [5, 5.41) is 0. The van der Waals surface area contributed by atoms with E-state index in [1.807, 2.05) is 60.7 Å². The molecule has 0 bridgehead atoms. The molecule has 6 heteroatoms. The minimum atomic E-state index is -1.52. The first-order valence-electron chi connectivity index (χ1n) is 9.33. The van der Waals surface area contributed by atoms with Crippen molar-refractivity contribution < 1.29 is 19.2 Å². The molecule has 0 aliphatic carbocycles. The summed E-state index contributed by atoms with van der Waals surface area (Å²) in [6, 6.07) is 24.0. The summed E-state index contributed by atoms with van der Waals surface area (Å²) in [6.45, 7) is 2.94. The molecule has 1 heterocycles. The number of hydrogen-bond acceptors (Lipinski definition) is 5. The molecule has 30 heavy (non-hydrogen) atoms. The molecule has 0 spiro atoms. The van der Waals surface area contributed by atoms with Gasteiger partial charge in [0.05, 0.1) is 0 Å². The highest BCUT2D eigenvalue weighted by molar-refractivity contribution is 7.71. The summed E-state index contributed by atoms with van der Waals surface area (Å²) in [7, 11) is 0. The highest BCUT2D eigenvalue weighted by Crippen LogP contribution is 2.24. The zero-order chi connectivity index (χ0) is 21.6. The molecule has 2 aromatic carbocycles. The third-order valence-corrected chi connectivity index (χ3v) is 4.56. The lowest BCUT2D eigenvalue weighted by atomic mass is 9.97. The zero-order valence-corrected chi connectivity index (χ0v) is 17.5. The first-order chi connectivity index (χ1) is 14.4. The van der Waals surface area contributed by atoms with E-state index in [0.717, 1.165) is 15.9 Å². The van der Waals surface area contributed by atoms with Crippen LogP contribution in [0.1, 0.15) is 25.0 Å². The Balaban J connectivity index is 1.83. The van der Waals surface area contributed by atoms with Crippen LogP contribution in [0.4, 0.5) is 0 Å². The highest BCUT2D eigenvalue weighted by Gasteiger charge is 2.34. The second-order valence-electron chi connectivity index (χ2n) is 6.96. The Morgan fingerprint density at radius 1 is 0.867 bits per heavy atom. The number of nitrogens with zero attached hydrogens (tertiary/aromatic N) is 1. The number of esters is 1. The molecule has 0 amide bonds. The first kappa shape index (κ1) is 21.2. The lowest BCUT2D eigenvalue weighted by Crippen LogP contribution is -2.42. The third-order valence-electron chi connectivity index (χ3n) is 4.25. The molecule has 3 rings (SSSR count). The maximum atomic E-state index is 12.7. The van der Waals surface area contributed by atoms with Gasteiger partial charge in [0.25, 0.3) is 0 Å². The van der Waals surface area contributed by atoms with Crippen molar-refractivity contribution in [1.82, 2.24) is 4.73 Å². The van der Waals surface area contributed by atoms with Crippen molar-refractivity contribution >= 4 is 29.7 Å². The summed E-state index contributed by atoms with van der Waals surface area (Å²) in [4.78, 5) is 30.5. The smallest absolute Gasteiger partial charge is 0.375 e. The van der Waals surface area contributed by atoms with Crippen molar-refractivity contribution in [3.05, 3.63) is 107 Å². The van der Waals surface area contributed by atoms with Crippen LogP contribution < -0.4 is 4.84 Å². The largest absolute Gasteiger partial charge is 0.444 e. The lowest BCUT2D eigenvalue weighted by Gasteiger charge is -2.22. The molecule has 0 fully saturated rings. The maximum Gasteiger partial charge on any atom is 0.375 e. The molecule has 3 aromatic rings. The summed E-state index contributed by atoms with van der Waals surface area (Å²) in [6.07, 6.45) is 2.90. The molecule has 0 radical (unpaired) electrons. The van der Waals surface area contributed by atoms with Gasteiger partial charge in [0.1, 0.15) is 4.64 Å². The number of aromatic nitrogens is 1. The summed E-state index contributed by atoms with van der Waals surface area (Å²) < 4.78 is 6.93. The van der Waals surface area contributed by atoms with Crippen molar-refractivity contribution in [2.24, 2.45) is 0 Å². The van der Waals surface area contributed by atoms with E-state index in [9.17, 15) is 9.59 Å². The minimum absolute atomic E-state index is 0.323. The van der Waals surface area contributed by atoms with E-state index in [-0.39, 0.29) is 0 Å². The fraction of sp³-hybridized carbons (Fsp3) is 0.125. The van der Waals surface area contributed by atoms with E-state index in [0.29, 0.717) is 10.2 Å². The number of ether oxygens (including phenoxy) is 1. The van der Waals surface area contributed by atoms with Gasteiger partial charge in [0.15, 0.2) is 0 Å². The molecule has 0 saturated carbocycles. The molecule has 5 nitrogen and oxygen atoms in total. The van der Waals surface area contributed by atoms with Crippen LogP contribution in [0.2, 0.25) is 0 Å². The third kappa shape index (κ3) is 5.30. The Kier molecular flexibility index (Phi) is 6.59. The number of rotatable bonds is 6. The second-order valence-corrected chi connectivity index (χ2v) is 7.38. The minimum Gasteiger partial charge on any atom is -0.444 e. The average Bonchev–Trinajstić information content (AvgIpc) is 2.74. The van der Waals surface area contributed by atoms with Crippen molar-refractivity contribution in [2.75, 3.05) is 0 Å². The van der Waals surface area contributed by atoms with Crippen LogP contribution in [0.5, 0.6) is 0 Å². The van der Waals surface area contributed by atoms with Gasteiger partial charge >= 0.3 is 11.9 Å². The molecule has 0 aliphatic heterocycles. The van der Waals surface area contributed by atoms with Crippen LogP contribution in [0, 0.1) is 4.64 Å². The zero-order valence-electron chi connectivity index (χ0n) is 16.6. The van der Waals surface area contributed by atoms with Gasteiger partial charge in [-0.25, -0.2) is 9.59 Å². The van der Waals surface area contributed by atoms with Gasteiger partial charge < -0.3 is 9.57 Å². The van der Waals surface area contributed by atoms with Crippen LogP contribution in [0.25, 0.3) is 5.57 Å². The normalized spacial score (nSPS) is 10.7. The highest BCUT2D eigenvalue weighted by atomic mass is 32.1. The van der Waals surface area contributed by atoms with E-state index >= 15 is 0 Å². The first-order valence-corrected chi connectivity index (χ1v) is 9.73. The van der Waals surface area contributed by atoms with Crippen molar-refractivity contribution in [3.63, 3.8) is 0 Å². The SMILES string of the molecule is CC(C)(OC(=O)C=C(c1ccccc1)c1ccccc1)C(=O)On1ccccc1=S. The van der Waals surface area contributed by atoms with E-state index in [2.05, 4.69) is 0 Å². The summed E-state index contributed by atoms with van der Waals surface area (Å²) >= 11 is 5.11. The van der Waals surface area contributed by atoms with Crippen LogP contribution in [0.3, 0.4) is 0 Å². The number of benzene rings is 2. The van der Waals surface area contributed by atoms with Gasteiger partial charge in [0.2, 0.25) is 5.60 Å². The Morgan fingerprint density at radius 2 is 1.40 bits per heavy atom. The van der Waals surface area contributed by atoms with E-state index < -0.39 is 17.5 Å². The number of hydrogen-bond donors (Lipinski definition) is 0. The average molecular weight is 420 g/mol. The molecular formula is C24H21NO4S. The van der Waals surface area contributed by atoms with Gasteiger partial charge in [-0.2, -0.15) is 4.73 Å². The van der Waals surface area contributed by atoms with Gasteiger partial charge in [0, 0.05) is 12.3 Å². The van der Waals surface area contributed by atoms with Gasteiger partial charge in [-0.15, -0.1) is 0 Å². The molecule has 0 unspecified atom stereocenters. The van der Waals surface area contributed by atoms with Crippen molar-refractivity contribution in [2.45, 2.75) is 19.4 Å².